The summed E-state index contributed by atoms with van der Waals surface area (Å²) in [4.78, 5) is 12.0. The van der Waals surface area contributed by atoms with E-state index in [1.165, 1.54) is 5.56 Å². The summed E-state index contributed by atoms with van der Waals surface area (Å²) in [6, 6.07) is 13.1. The van der Waals surface area contributed by atoms with Gasteiger partial charge in [0, 0.05) is 14.4 Å². The molecule has 0 aliphatic heterocycles. The molecular formula is C21H18INO3. The van der Waals surface area contributed by atoms with Crippen molar-refractivity contribution in [2.24, 2.45) is 0 Å². The van der Waals surface area contributed by atoms with Crippen LogP contribution in [0.5, 0.6) is 0 Å². The van der Waals surface area contributed by atoms with Crippen molar-refractivity contribution < 1.29 is 14.3 Å². The van der Waals surface area contributed by atoms with Crippen LogP contribution >= 0.6 is 22.6 Å². The molecule has 1 aromatic heterocycles. The van der Waals surface area contributed by atoms with Crippen molar-refractivity contribution in [2.75, 3.05) is 0 Å². The summed E-state index contributed by atoms with van der Waals surface area (Å²) in [6.45, 7) is 6.02. The van der Waals surface area contributed by atoms with E-state index in [9.17, 15) is 9.90 Å². The summed E-state index contributed by atoms with van der Waals surface area (Å²) in [5.41, 5.74) is 2.63. The van der Waals surface area contributed by atoms with E-state index in [4.69, 9.17) is 9.68 Å². The smallest absolute Gasteiger partial charge is 0.339 e. The summed E-state index contributed by atoms with van der Waals surface area (Å²) >= 11 is 2.31. The first-order valence-corrected chi connectivity index (χ1v) is 9.36. The number of hydrogen-bond donors (Lipinski definition) is 1. The van der Waals surface area contributed by atoms with Gasteiger partial charge in [0.05, 0.1) is 11.6 Å². The van der Waals surface area contributed by atoms with Gasteiger partial charge in [0.15, 0.2) is 0 Å². The fraction of sp³-hybridized carbons (Fsp3) is 0.238. The van der Waals surface area contributed by atoms with Crippen molar-refractivity contribution in [1.29, 1.82) is 5.26 Å². The summed E-state index contributed by atoms with van der Waals surface area (Å²) < 4.78 is 7.13. The van der Waals surface area contributed by atoms with Crippen LogP contribution in [0, 0.1) is 14.9 Å². The number of nitriles is 1. The van der Waals surface area contributed by atoms with Gasteiger partial charge in [-0.1, -0.05) is 19.1 Å². The molecule has 3 rings (SSSR count). The van der Waals surface area contributed by atoms with Gasteiger partial charge in [-0.3, -0.25) is 0 Å². The molecule has 0 saturated heterocycles. The molecule has 0 aliphatic rings. The van der Waals surface area contributed by atoms with Gasteiger partial charge in [-0.15, -0.1) is 0 Å². The molecule has 2 aromatic carbocycles. The van der Waals surface area contributed by atoms with Gasteiger partial charge in [-0.05, 0) is 78.3 Å². The lowest BCUT2D eigenvalue weighted by atomic mass is 9.80. The van der Waals surface area contributed by atoms with Crippen LogP contribution in [0.4, 0.5) is 0 Å². The number of benzene rings is 2. The van der Waals surface area contributed by atoms with Crippen molar-refractivity contribution in [2.45, 2.75) is 32.6 Å². The summed E-state index contributed by atoms with van der Waals surface area (Å²) in [5, 5.41) is 19.4. The highest BCUT2D eigenvalue weighted by molar-refractivity contribution is 14.1. The topological polar surface area (TPSA) is 74.2 Å². The highest BCUT2D eigenvalue weighted by atomic mass is 127. The Morgan fingerprint density at radius 1 is 1.27 bits per heavy atom. The third kappa shape index (κ3) is 2.99. The van der Waals surface area contributed by atoms with E-state index in [1.54, 1.807) is 18.2 Å². The van der Waals surface area contributed by atoms with E-state index < -0.39 is 11.4 Å². The van der Waals surface area contributed by atoms with Crippen LogP contribution in [0.25, 0.3) is 11.0 Å². The average molecular weight is 459 g/mol. The predicted molar refractivity (Wildman–Crippen MR) is 109 cm³/mol. The van der Waals surface area contributed by atoms with Crippen LogP contribution in [0.1, 0.15) is 53.6 Å². The molecule has 0 radical (unpaired) electrons. The van der Waals surface area contributed by atoms with Gasteiger partial charge < -0.3 is 9.52 Å². The molecule has 4 nitrogen and oxygen atoms in total. The minimum absolute atomic E-state index is 0.157. The lowest BCUT2D eigenvalue weighted by molar-refractivity contribution is 0.0694. The van der Waals surface area contributed by atoms with Gasteiger partial charge in [0.25, 0.3) is 0 Å². The Morgan fingerprint density at radius 3 is 2.58 bits per heavy atom. The maximum Gasteiger partial charge on any atom is 0.339 e. The first-order chi connectivity index (χ1) is 12.3. The molecule has 3 aromatic rings. The van der Waals surface area contributed by atoms with Crippen LogP contribution in [-0.2, 0) is 11.8 Å². The van der Waals surface area contributed by atoms with E-state index in [0.717, 1.165) is 15.6 Å². The molecule has 0 aliphatic carbocycles. The third-order valence-corrected chi connectivity index (χ3v) is 5.76. The number of rotatable bonds is 4. The van der Waals surface area contributed by atoms with Crippen molar-refractivity contribution in [3.05, 3.63) is 68.0 Å². The van der Waals surface area contributed by atoms with E-state index in [0.29, 0.717) is 22.3 Å². The first kappa shape index (κ1) is 18.5. The van der Waals surface area contributed by atoms with Crippen molar-refractivity contribution >= 4 is 39.5 Å². The molecule has 1 N–H and O–H groups in total. The number of hydrogen-bond acceptors (Lipinski definition) is 3. The molecule has 0 amide bonds. The van der Waals surface area contributed by atoms with Crippen LogP contribution in [0.15, 0.2) is 40.8 Å². The number of fused-ring (bicyclic) bond motifs is 1. The highest BCUT2D eigenvalue weighted by Gasteiger charge is 2.34. The minimum Gasteiger partial charge on any atom is -0.478 e. The van der Waals surface area contributed by atoms with Crippen LogP contribution < -0.4 is 0 Å². The van der Waals surface area contributed by atoms with E-state index >= 15 is 0 Å². The maximum atomic E-state index is 12.0. The molecule has 0 atom stereocenters. The average Bonchev–Trinajstić information content (AvgIpc) is 3.01. The Bertz CT molecular complexity index is 1060. The number of carbonyl (C=O) groups is 1. The minimum atomic E-state index is -1.03. The zero-order valence-corrected chi connectivity index (χ0v) is 16.9. The molecule has 132 valence electrons. The molecule has 0 unspecified atom stereocenters. The Balaban J connectivity index is 2.25. The van der Waals surface area contributed by atoms with E-state index in [-0.39, 0.29) is 5.56 Å². The SMILES string of the molecule is CCc1ccc(C(C)(C)c2oc3cc(C#N)ccc3c2C(=O)O)cc1I. The molecule has 26 heavy (non-hydrogen) atoms. The summed E-state index contributed by atoms with van der Waals surface area (Å²) in [7, 11) is 0. The van der Waals surface area contributed by atoms with Gasteiger partial charge >= 0.3 is 5.97 Å². The quantitative estimate of drug-likeness (QED) is 0.524. The molecular weight excluding hydrogens is 441 g/mol. The van der Waals surface area contributed by atoms with Crippen molar-refractivity contribution in [3.8, 4) is 6.07 Å². The molecule has 5 heteroatoms. The third-order valence-electron chi connectivity index (χ3n) is 4.76. The lowest BCUT2D eigenvalue weighted by Gasteiger charge is -2.24. The zero-order valence-electron chi connectivity index (χ0n) is 14.8. The van der Waals surface area contributed by atoms with Crippen LogP contribution in [-0.4, -0.2) is 11.1 Å². The summed E-state index contributed by atoms with van der Waals surface area (Å²) in [5.74, 6) is -0.633. The Labute approximate surface area is 165 Å². The Kier molecular flexibility index (Phi) is 4.80. The predicted octanol–water partition coefficient (Wildman–Crippen LogP) is 5.50. The standard InChI is InChI=1S/C21H18INO3/c1-4-13-6-7-14(10-16(13)22)21(2,3)19-18(20(24)25)15-8-5-12(11-23)9-17(15)26-19/h5-10H,4H2,1-3H3,(H,24,25). The second-order valence-corrected chi connectivity index (χ2v) is 7.88. The number of nitrogens with zero attached hydrogens (tertiary/aromatic N) is 1. The van der Waals surface area contributed by atoms with Gasteiger partial charge in [-0.2, -0.15) is 5.26 Å². The van der Waals surface area contributed by atoms with Gasteiger partial charge in [0.2, 0.25) is 0 Å². The van der Waals surface area contributed by atoms with E-state index in [1.807, 2.05) is 19.9 Å². The normalized spacial score (nSPS) is 11.5. The number of carboxylic acids is 1. The number of halogens is 1. The first-order valence-electron chi connectivity index (χ1n) is 8.29. The fourth-order valence-corrected chi connectivity index (χ4v) is 4.07. The lowest BCUT2D eigenvalue weighted by Crippen LogP contribution is -2.21. The largest absolute Gasteiger partial charge is 0.478 e. The molecule has 0 fully saturated rings. The second kappa shape index (κ2) is 6.76. The Morgan fingerprint density at radius 2 is 2.00 bits per heavy atom. The maximum absolute atomic E-state index is 12.0. The van der Waals surface area contributed by atoms with Crippen LogP contribution in [0.3, 0.4) is 0 Å². The van der Waals surface area contributed by atoms with Crippen LogP contribution in [0.2, 0.25) is 0 Å². The van der Waals surface area contributed by atoms with E-state index in [2.05, 4.69) is 47.7 Å². The second-order valence-electron chi connectivity index (χ2n) is 6.72. The van der Waals surface area contributed by atoms with Crippen molar-refractivity contribution in [1.82, 2.24) is 0 Å². The zero-order chi connectivity index (χ0) is 19.1. The van der Waals surface area contributed by atoms with Gasteiger partial charge in [0.1, 0.15) is 16.9 Å². The van der Waals surface area contributed by atoms with Gasteiger partial charge in [-0.25, -0.2) is 4.79 Å². The molecule has 0 bridgehead atoms. The van der Waals surface area contributed by atoms with Crippen molar-refractivity contribution in [3.63, 3.8) is 0 Å². The summed E-state index contributed by atoms with van der Waals surface area (Å²) in [6.07, 6.45) is 0.945. The monoisotopic (exact) mass is 459 g/mol. The number of carboxylic acid groups (broad SMARTS) is 1. The Hall–Kier alpha value is -2.33. The molecule has 0 spiro atoms. The number of aryl methyl sites for hydroxylation is 1. The fourth-order valence-electron chi connectivity index (χ4n) is 3.17. The molecule has 0 saturated carbocycles. The number of aromatic carboxylic acids is 1. The number of furan rings is 1. The molecule has 1 heterocycles. The highest BCUT2D eigenvalue weighted by Crippen LogP contribution is 2.39.